The van der Waals surface area contributed by atoms with E-state index in [0.717, 1.165) is 5.69 Å². The van der Waals surface area contributed by atoms with Crippen molar-refractivity contribution in [2.75, 3.05) is 14.2 Å². The molecule has 0 bridgehead atoms. The Hall–Kier alpha value is -3.54. The maximum Gasteiger partial charge on any atom is 0.204 e. The maximum atomic E-state index is 13.1. The number of nitrogens with zero attached hydrogens (tertiary/aromatic N) is 1. The number of aryl methyl sites for hydroxylation is 1. The van der Waals surface area contributed by atoms with Gasteiger partial charge in [-0.05, 0) is 31.2 Å². The molecule has 138 valence electrons. The fraction of sp³-hybridized carbons (Fsp3) is 0.143. The van der Waals surface area contributed by atoms with E-state index in [-0.39, 0.29) is 5.43 Å². The molecular formula is C21H20N2O4. The van der Waals surface area contributed by atoms with E-state index in [1.165, 1.54) is 20.4 Å². The van der Waals surface area contributed by atoms with Crippen molar-refractivity contribution < 1.29 is 13.9 Å². The molecule has 3 rings (SSSR count). The van der Waals surface area contributed by atoms with Gasteiger partial charge in [0.2, 0.25) is 11.2 Å². The lowest BCUT2D eigenvalue weighted by molar-refractivity contribution is 0.352. The standard InChI is InChI=1S/C21H20N2O4/c1-13-18(14(11-22)12-23-15-7-5-4-6-8-15)19(24)16-9-10-17(25-2)21(26-3)20(16)27-13/h4-12H,22H2,1-3H3/b14-11+,23-12?. The highest BCUT2D eigenvalue weighted by atomic mass is 16.5. The number of hydrogen-bond donors (Lipinski definition) is 1. The van der Waals surface area contributed by atoms with Gasteiger partial charge in [-0.25, -0.2) is 0 Å². The molecule has 0 fully saturated rings. The van der Waals surface area contributed by atoms with E-state index in [9.17, 15) is 4.79 Å². The summed E-state index contributed by atoms with van der Waals surface area (Å²) in [6, 6.07) is 12.7. The third kappa shape index (κ3) is 3.42. The Morgan fingerprint density at radius 3 is 2.48 bits per heavy atom. The molecule has 3 aromatic rings. The van der Waals surface area contributed by atoms with Crippen LogP contribution in [0.4, 0.5) is 5.69 Å². The minimum Gasteiger partial charge on any atom is -0.493 e. The first-order valence-electron chi connectivity index (χ1n) is 8.30. The second kappa shape index (κ2) is 7.78. The van der Waals surface area contributed by atoms with Gasteiger partial charge in [0.05, 0.1) is 30.9 Å². The predicted molar refractivity (Wildman–Crippen MR) is 107 cm³/mol. The molecule has 2 aromatic carbocycles. The van der Waals surface area contributed by atoms with Crippen molar-refractivity contribution in [3.8, 4) is 11.5 Å². The van der Waals surface area contributed by atoms with Gasteiger partial charge in [-0.2, -0.15) is 0 Å². The second-order valence-electron chi connectivity index (χ2n) is 5.76. The Morgan fingerprint density at radius 2 is 1.85 bits per heavy atom. The number of rotatable bonds is 5. The number of nitrogens with two attached hydrogens (primary N) is 1. The van der Waals surface area contributed by atoms with Gasteiger partial charge >= 0.3 is 0 Å². The summed E-state index contributed by atoms with van der Waals surface area (Å²) in [5.74, 6) is 1.27. The SMILES string of the molecule is COc1ccc2c(=O)c(/C(C=Nc3ccccc3)=C/N)c(C)oc2c1OC. The van der Waals surface area contributed by atoms with Crippen molar-refractivity contribution in [1.29, 1.82) is 0 Å². The molecule has 0 aliphatic rings. The lowest BCUT2D eigenvalue weighted by atomic mass is 10.0. The highest BCUT2D eigenvalue weighted by Gasteiger charge is 2.19. The van der Waals surface area contributed by atoms with E-state index in [2.05, 4.69) is 4.99 Å². The summed E-state index contributed by atoms with van der Waals surface area (Å²) in [5.41, 5.74) is 7.48. The van der Waals surface area contributed by atoms with Gasteiger partial charge in [0.15, 0.2) is 11.3 Å². The third-order valence-electron chi connectivity index (χ3n) is 4.16. The molecule has 0 aliphatic carbocycles. The zero-order valence-electron chi connectivity index (χ0n) is 15.4. The number of ether oxygens (including phenoxy) is 2. The summed E-state index contributed by atoms with van der Waals surface area (Å²) in [6.07, 6.45) is 2.90. The first-order valence-corrected chi connectivity index (χ1v) is 8.30. The van der Waals surface area contributed by atoms with Gasteiger partial charge in [-0.15, -0.1) is 0 Å². The Kier molecular flexibility index (Phi) is 5.26. The quantitative estimate of drug-likeness (QED) is 0.696. The summed E-state index contributed by atoms with van der Waals surface area (Å²) in [6.45, 7) is 1.70. The normalized spacial score (nSPS) is 11.9. The first-order chi connectivity index (χ1) is 13.1. The maximum absolute atomic E-state index is 13.1. The van der Waals surface area contributed by atoms with Crippen LogP contribution in [0.3, 0.4) is 0 Å². The topological polar surface area (TPSA) is 87.0 Å². The molecule has 0 spiro atoms. The molecule has 0 atom stereocenters. The van der Waals surface area contributed by atoms with E-state index in [4.69, 9.17) is 19.6 Å². The summed E-state index contributed by atoms with van der Waals surface area (Å²) in [5, 5.41) is 0.376. The van der Waals surface area contributed by atoms with Crippen molar-refractivity contribution in [3.63, 3.8) is 0 Å². The molecule has 1 heterocycles. The number of methoxy groups -OCH3 is 2. The van der Waals surface area contributed by atoms with Gasteiger partial charge in [0, 0.05) is 18.0 Å². The number of allylic oxidation sites excluding steroid dienone is 1. The summed E-state index contributed by atoms with van der Waals surface area (Å²) in [4.78, 5) is 17.5. The van der Waals surface area contributed by atoms with E-state index in [1.54, 1.807) is 25.3 Å². The van der Waals surface area contributed by atoms with Crippen molar-refractivity contribution in [1.82, 2.24) is 0 Å². The van der Waals surface area contributed by atoms with E-state index in [1.807, 2.05) is 30.3 Å². The van der Waals surface area contributed by atoms with Crippen LogP contribution in [-0.4, -0.2) is 20.4 Å². The average molecular weight is 364 g/mol. The number of para-hydroxylation sites is 1. The van der Waals surface area contributed by atoms with Crippen LogP contribution >= 0.6 is 0 Å². The molecule has 6 heteroatoms. The molecule has 0 radical (unpaired) electrons. The third-order valence-corrected chi connectivity index (χ3v) is 4.16. The smallest absolute Gasteiger partial charge is 0.204 e. The molecule has 0 saturated carbocycles. The largest absolute Gasteiger partial charge is 0.493 e. The van der Waals surface area contributed by atoms with Crippen LogP contribution < -0.4 is 20.6 Å². The lowest BCUT2D eigenvalue weighted by Gasteiger charge is -2.12. The summed E-state index contributed by atoms with van der Waals surface area (Å²) in [7, 11) is 3.02. The van der Waals surface area contributed by atoms with Gasteiger partial charge in [0.25, 0.3) is 0 Å². The second-order valence-corrected chi connectivity index (χ2v) is 5.76. The molecule has 27 heavy (non-hydrogen) atoms. The number of fused-ring (bicyclic) bond motifs is 1. The molecule has 6 nitrogen and oxygen atoms in total. The van der Waals surface area contributed by atoms with E-state index >= 15 is 0 Å². The van der Waals surface area contributed by atoms with Crippen molar-refractivity contribution in [2.45, 2.75) is 6.92 Å². The zero-order chi connectivity index (χ0) is 19.4. The monoisotopic (exact) mass is 364 g/mol. The van der Waals surface area contributed by atoms with E-state index in [0.29, 0.717) is 39.4 Å². The first kappa shape index (κ1) is 18.3. The minimum absolute atomic E-state index is 0.217. The highest BCUT2D eigenvalue weighted by molar-refractivity contribution is 6.11. The molecular weight excluding hydrogens is 344 g/mol. The molecule has 0 unspecified atom stereocenters. The fourth-order valence-electron chi connectivity index (χ4n) is 2.86. The Balaban J connectivity index is 2.17. The minimum atomic E-state index is -0.217. The fourth-order valence-corrected chi connectivity index (χ4v) is 2.86. The van der Waals surface area contributed by atoms with Crippen molar-refractivity contribution >= 4 is 28.4 Å². The summed E-state index contributed by atoms with van der Waals surface area (Å²) >= 11 is 0. The van der Waals surface area contributed by atoms with Gasteiger partial charge in [-0.1, -0.05) is 18.2 Å². The van der Waals surface area contributed by atoms with Crippen molar-refractivity contribution in [2.24, 2.45) is 10.7 Å². The highest BCUT2D eigenvalue weighted by Crippen LogP contribution is 2.35. The lowest BCUT2D eigenvalue weighted by Crippen LogP contribution is -2.13. The Bertz CT molecular complexity index is 1080. The molecule has 2 N–H and O–H groups in total. The van der Waals surface area contributed by atoms with Crippen LogP contribution in [0.15, 0.2) is 62.9 Å². The van der Waals surface area contributed by atoms with Gasteiger partial charge < -0.3 is 19.6 Å². The number of aliphatic imine (C=N–C) groups is 1. The molecule has 0 saturated heterocycles. The van der Waals surface area contributed by atoms with Crippen LogP contribution in [0.2, 0.25) is 0 Å². The van der Waals surface area contributed by atoms with Gasteiger partial charge in [0.1, 0.15) is 5.76 Å². The number of hydrogen-bond acceptors (Lipinski definition) is 6. The summed E-state index contributed by atoms with van der Waals surface area (Å²) < 4.78 is 16.5. The average Bonchev–Trinajstić information content (AvgIpc) is 2.70. The van der Waals surface area contributed by atoms with Crippen molar-refractivity contribution in [3.05, 3.63) is 70.2 Å². The van der Waals surface area contributed by atoms with Crippen LogP contribution in [-0.2, 0) is 0 Å². The van der Waals surface area contributed by atoms with Gasteiger partial charge in [-0.3, -0.25) is 9.79 Å². The number of benzene rings is 2. The zero-order valence-corrected chi connectivity index (χ0v) is 15.4. The Morgan fingerprint density at radius 1 is 1.11 bits per heavy atom. The van der Waals surface area contributed by atoms with Crippen LogP contribution in [0.25, 0.3) is 16.5 Å². The molecule has 0 aliphatic heterocycles. The molecule has 1 aromatic heterocycles. The molecule has 0 amide bonds. The Labute approximate surface area is 156 Å². The predicted octanol–water partition coefficient (Wildman–Crippen LogP) is 3.82. The van der Waals surface area contributed by atoms with Crippen LogP contribution in [0.1, 0.15) is 11.3 Å². The van der Waals surface area contributed by atoms with Crippen LogP contribution in [0, 0.1) is 6.92 Å². The van der Waals surface area contributed by atoms with Crippen LogP contribution in [0.5, 0.6) is 11.5 Å². The van der Waals surface area contributed by atoms with E-state index < -0.39 is 0 Å².